The van der Waals surface area contributed by atoms with E-state index in [1.54, 1.807) is 12.1 Å². The van der Waals surface area contributed by atoms with Gasteiger partial charge in [0.25, 0.3) is 5.91 Å². The second kappa shape index (κ2) is 10.7. The summed E-state index contributed by atoms with van der Waals surface area (Å²) in [6, 6.07) is 25.5. The van der Waals surface area contributed by atoms with Crippen molar-refractivity contribution in [2.24, 2.45) is 0 Å². The summed E-state index contributed by atoms with van der Waals surface area (Å²) in [6.45, 7) is 4.47. The number of benzene rings is 3. The number of aromatic nitrogens is 2. The Morgan fingerprint density at radius 1 is 0.879 bits per heavy atom. The van der Waals surface area contributed by atoms with Gasteiger partial charge in [-0.2, -0.15) is 0 Å². The van der Waals surface area contributed by atoms with E-state index in [2.05, 4.69) is 51.7 Å². The van der Waals surface area contributed by atoms with E-state index in [0.29, 0.717) is 23.9 Å². The van der Waals surface area contributed by atoms with Crippen molar-refractivity contribution in [2.75, 3.05) is 20.1 Å². The zero-order chi connectivity index (χ0) is 23.0. The Balaban J connectivity index is 1.26. The van der Waals surface area contributed by atoms with Gasteiger partial charge in [-0.3, -0.25) is 4.79 Å². The Morgan fingerprint density at radius 2 is 1.48 bits per heavy atom. The molecule has 3 aromatic carbocycles. The number of amides is 1. The molecule has 0 spiro atoms. The molecule has 0 aliphatic heterocycles. The fraction of sp³-hybridized carbons (Fsp3) is 0.222. The number of rotatable bonds is 9. The van der Waals surface area contributed by atoms with Gasteiger partial charge in [0, 0.05) is 29.8 Å². The lowest BCUT2D eigenvalue weighted by molar-refractivity contribution is 0.0952. The molecule has 0 atom stereocenters. The van der Waals surface area contributed by atoms with Crippen LogP contribution in [0.4, 0.5) is 0 Å². The Hall–Kier alpha value is -3.77. The molecule has 0 saturated heterocycles. The van der Waals surface area contributed by atoms with E-state index in [4.69, 9.17) is 4.42 Å². The lowest BCUT2D eigenvalue weighted by Crippen LogP contribution is -2.28. The second-order valence-corrected chi connectivity index (χ2v) is 8.19. The number of hydrogen-bond donors (Lipinski definition) is 1. The van der Waals surface area contributed by atoms with Crippen LogP contribution in [0.2, 0.25) is 0 Å². The first-order chi connectivity index (χ1) is 16.1. The summed E-state index contributed by atoms with van der Waals surface area (Å²) in [7, 11) is 2.09. The van der Waals surface area contributed by atoms with E-state index in [1.165, 1.54) is 11.1 Å². The zero-order valence-corrected chi connectivity index (χ0v) is 19.0. The van der Waals surface area contributed by atoms with Gasteiger partial charge in [0.05, 0.1) is 0 Å². The smallest absolute Gasteiger partial charge is 0.251 e. The molecule has 1 amide bonds. The van der Waals surface area contributed by atoms with E-state index < -0.39 is 0 Å². The van der Waals surface area contributed by atoms with Gasteiger partial charge in [-0.15, -0.1) is 10.2 Å². The first-order valence-electron chi connectivity index (χ1n) is 11.1. The highest BCUT2D eigenvalue weighted by atomic mass is 16.4. The standard InChI is InChI=1S/C27H28N4O2/c1-20-9-11-23(12-10-20)26-29-30-27(33-26)24-15-13-22(14-16-24)25(32)28-17-6-18-31(2)19-21-7-4-3-5-8-21/h3-5,7-16H,6,17-19H2,1-2H3,(H,28,32). The van der Waals surface area contributed by atoms with Crippen molar-refractivity contribution in [1.82, 2.24) is 20.4 Å². The number of nitrogens with zero attached hydrogens (tertiary/aromatic N) is 3. The van der Waals surface area contributed by atoms with Crippen LogP contribution < -0.4 is 5.32 Å². The third kappa shape index (κ3) is 6.14. The molecule has 4 aromatic rings. The molecule has 168 valence electrons. The summed E-state index contributed by atoms with van der Waals surface area (Å²) in [6.07, 6.45) is 0.886. The molecule has 0 fully saturated rings. The van der Waals surface area contributed by atoms with Gasteiger partial charge in [0.1, 0.15) is 0 Å². The minimum absolute atomic E-state index is 0.0851. The lowest BCUT2D eigenvalue weighted by atomic mass is 10.1. The van der Waals surface area contributed by atoms with Crippen molar-refractivity contribution in [2.45, 2.75) is 19.9 Å². The van der Waals surface area contributed by atoms with Gasteiger partial charge in [0.15, 0.2) is 0 Å². The van der Waals surface area contributed by atoms with Crippen molar-refractivity contribution in [3.05, 3.63) is 95.6 Å². The third-order valence-electron chi connectivity index (χ3n) is 5.42. The van der Waals surface area contributed by atoms with Gasteiger partial charge < -0.3 is 14.6 Å². The van der Waals surface area contributed by atoms with Crippen LogP contribution in [0.3, 0.4) is 0 Å². The molecule has 33 heavy (non-hydrogen) atoms. The highest BCUT2D eigenvalue weighted by molar-refractivity contribution is 5.94. The maximum Gasteiger partial charge on any atom is 0.251 e. The van der Waals surface area contributed by atoms with Crippen LogP contribution in [0.15, 0.2) is 83.3 Å². The summed E-state index contributed by atoms with van der Waals surface area (Å²) in [5.41, 5.74) is 4.72. The van der Waals surface area contributed by atoms with E-state index in [-0.39, 0.29) is 5.91 Å². The molecular weight excluding hydrogens is 412 g/mol. The van der Waals surface area contributed by atoms with Crippen LogP contribution in [0.25, 0.3) is 22.9 Å². The van der Waals surface area contributed by atoms with Crippen LogP contribution in [0.1, 0.15) is 27.9 Å². The first kappa shape index (κ1) is 22.4. The molecule has 0 unspecified atom stereocenters. The summed E-state index contributed by atoms with van der Waals surface area (Å²) in [5, 5.41) is 11.3. The van der Waals surface area contributed by atoms with Crippen molar-refractivity contribution in [3.63, 3.8) is 0 Å². The fourth-order valence-corrected chi connectivity index (χ4v) is 3.54. The molecule has 0 radical (unpaired) electrons. The van der Waals surface area contributed by atoms with Crippen molar-refractivity contribution in [3.8, 4) is 22.9 Å². The Kier molecular flexibility index (Phi) is 7.27. The number of nitrogens with one attached hydrogen (secondary N) is 1. The van der Waals surface area contributed by atoms with Crippen LogP contribution >= 0.6 is 0 Å². The molecule has 6 nitrogen and oxygen atoms in total. The van der Waals surface area contributed by atoms with Gasteiger partial charge in [-0.05, 0) is 68.9 Å². The normalized spacial score (nSPS) is 11.0. The minimum atomic E-state index is -0.0851. The van der Waals surface area contributed by atoms with Crippen molar-refractivity contribution < 1.29 is 9.21 Å². The molecule has 0 aliphatic carbocycles. The van der Waals surface area contributed by atoms with Crippen LogP contribution in [-0.4, -0.2) is 41.1 Å². The molecule has 1 heterocycles. The molecular formula is C27H28N4O2. The first-order valence-corrected chi connectivity index (χ1v) is 11.1. The highest BCUT2D eigenvalue weighted by Gasteiger charge is 2.12. The Labute approximate surface area is 194 Å². The summed E-state index contributed by atoms with van der Waals surface area (Å²) in [4.78, 5) is 14.7. The molecule has 0 saturated carbocycles. The van der Waals surface area contributed by atoms with Gasteiger partial charge in [-0.25, -0.2) is 0 Å². The SMILES string of the molecule is Cc1ccc(-c2nnc(-c3ccc(C(=O)NCCCN(C)Cc4ccccc4)cc3)o2)cc1. The number of hydrogen-bond acceptors (Lipinski definition) is 5. The predicted molar refractivity (Wildman–Crippen MR) is 130 cm³/mol. The molecule has 1 N–H and O–H groups in total. The number of carbonyl (C=O) groups excluding carboxylic acids is 1. The zero-order valence-electron chi connectivity index (χ0n) is 19.0. The second-order valence-electron chi connectivity index (χ2n) is 8.19. The average Bonchev–Trinajstić information content (AvgIpc) is 3.33. The van der Waals surface area contributed by atoms with Gasteiger partial charge >= 0.3 is 0 Å². The van der Waals surface area contributed by atoms with E-state index >= 15 is 0 Å². The predicted octanol–water partition coefficient (Wildman–Crippen LogP) is 4.96. The van der Waals surface area contributed by atoms with Gasteiger partial charge in [-0.1, -0.05) is 48.0 Å². The third-order valence-corrected chi connectivity index (χ3v) is 5.42. The van der Waals surface area contributed by atoms with Crippen molar-refractivity contribution in [1.29, 1.82) is 0 Å². The Bertz CT molecular complexity index is 1170. The van der Waals surface area contributed by atoms with Gasteiger partial charge in [0.2, 0.25) is 11.8 Å². The largest absolute Gasteiger partial charge is 0.416 e. The molecule has 0 bridgehead atoms. The van der Waals surface area contributed by atoms with Crippen molar-refractivity contribution >= 4 is 5.91 Å². The quantitative estimate of drug-likeness (QED) is 0.372. The van der Waals surface area contributed by atoms with E-state index in [0.717, 1.165) is 30.6 Å². The summed E-state index contributed by atoms with van der Waals surface area (Å²) in [5.74, 6) is 0.821. The molecule has 0 aliphatic rings. The van der Waals surface area contributed by atoms with Crippen LogP contribution in [0, 0.1) is 6.92 Å². The maximum atomic E-state index is 12.5. The lowest BCUT2D eigenvalue weighted by Gasteiger charge is -2.16. The number of aryl methyl sites for hydroxylation is 1. The van der Waals surface area contributed by atoms with E-state index in [9.17, 15) is 4.79 Å². The number of carbonyl (C=O) groups is 1. The topological polar surface area (TPSA) is 71.3 Å². The summed E-state index contributed by atoms with van der Waals surface area (Å²) < 4.78 is 5.81. The summed E-state index contributed by atoms with van der Waals surface area (Å²) >= 11 is 0. The Morgan fingerprint density at radius 3 is 2.12 bits per heavy atom. The van der Waals surface area contributed by atoms with Crippen LogP contribution in [-0.2, 0) is 6.54 Å². The fourth-order valence-electron chi connectivity index (χ4n) is 3.54. The minimum Gasteiger partial charge on any atom is -0.416 e. The molecule has 1 aromatic heterocycles. The van der Waals surface area contributed by atoms with E-state index in [1.807, 2.05) is 49.4 Å². The molecule has 4 rings (SSSR count). The molecule has 6 heteroatoms. The van der Waals surface area contributed by atoms with Crippen LogP contribution in [0.5, 0.6) is 0 Å². The maximum absolute atomic E-state index is 12.5. The highest BCUT2D eigenvalue weighted by Crippen LogP contribution is 2.24. The average molecular weight is 441 g/mol. The monoisotopic (exact) mass is 440 g/mol.